The average molecular weight is 309 g/mol. The largest absolute Gasteiger partial charge is 0.481 e. The number of carboxylic acid groups (broad SMARTS) is 1. The SMILES string of the molecule is CN(CCC(=O)O)C(=O)NCc1csc(-c2ccco2)n1. The lowest BCUT2D eigenvalue weighted by molar-refractivity contribution is -0.137. The fourth-order valence-corrected chi connectivity index (χ4v) is 2.35. The van der Waals surface area contributed by atoms with Crippen molar-refractivity contribution in [1.29, 1.82) is 0 Å². The predicted octanol–water partition coefficient (Wildman–Crippen LogP) is 2.02. The van der Waals surface area contributed by atoms with Crippen LogP contribution in [0, 0.1) is 0 Å². The fourth-order valence-electron chi connectivity index (χ4n) is 1.57. The number of carbonyl (C=O) groups is 2. The van der Waals surface area contributed by atoms with Crippen molar-refractivity contribution in [3.05, 3.63) is 29.5 Å². The second-order valence-corrected chi connectivity index (χ2v) is 5.20. The molecule has 0 saturated carbocycles. The first-order chi connectivity index (χ1) is 10.1. The second-order valence-electron chi connectivity index (χ2n) is 4.35. The summed E-state index contributed by atoms with van der Waals surface area (Å²) in [5, 5.41) is 13.9. The third-order valence-corrected chi connectivity index (χ3v) is 3.62. The molecule has 0 spiro atoms. The van der Waals surface area contributed by atoms with Gasteiger partial charge in [0.05, 0.1) is 24.9 Å². The van der Waals surface area contributed by atoms with Crippen LogP contribution in [0.3, 0.4) is 0 Å². The minimum atomic E-state index is -0.933. The number of hydrogen-bond donors (Lipinski definition) is 2. The Morgan fingerprint density at radius 3 is 3.00 bits per heavy atom. The van der Waals surface area contributed by atoms with Gasteiger partial charge >= 0.3 is 12.0 Å². The number of amides is 2. The summed E-state index contributed by atoms with van der Waals surface area (Å²) < 4.78 is 5.25. The molecule has 0 bridgehead atoms. The quantitative estimate of drug-likeness (QED) is 0.851. The van der Waals surface area contributed by atoms with E-state index < -0.39 is 5.97 Å². The molecule has 0 aliphatic carbocycles. The van der Waals surface area contributed by atoms with Crippen LogP contribution in [0.25, 0.3) is 10.8 Å². The lowest BCUT2D eigenvalue weighted by Gasteiger charge is -2.16. The number of rotatable bonds is 6. The Hall–Kier alpha value is -2.35. The lowest BCUT2D eigenvalue weighted by Crippen LogP contribution is -2.38. The zero-order valence-electron chi connectivity index (χ0n) is 11.4. The highest BCUT2D eigenvalue weighted by Gasteiger charge is 2.11. The van der Waals surface area contributed by atoms with Crippen LogP contribution in [0.1, 0.15) is 12.1 Å². The predicted molar refractivity (Wildman–Crippen MR) is 76.9 cm³/mol. The van der Waals surface area contributed by atoms with Crippen molar-refractivity contribution < 1.29 is 19.1 Å². The summed E-state index contributed by atoms with van der Waals surface area (Å²) >= 11 is 1.43. The van der Waals surface area contributed by atoms with Crippen LogP contribution in [-0.2, 0) is 11.3 Å². The van der Waals surface area contributed by atoms with E-state index in [0.29, 0.717) is 5.76 Å². The lowest BCUT2D eigenvalue weighted by atomic mass is 10.4. The van der Waals surface area contributed by atoms with Crippen LogP contribution in [0.2, 0.25) is 0 Å². The van der Waals surface area contributed by atoms with E-state index >= 15 is 0 Å². The number of furan rings is 1. The van der Waals surface area contributed by atoms with E-state index in [9.17, 15) is 9.59 Å². The summed E-state index contributed by atoms with van der Waals surface area (Å²) in [5.41, 5.74) is 0.728. The van der Waals surface area contributed by atoms with Crippen LogP contribution in [-0.4, -0.2) is 40.6 Å². The number of nitrogens with one attached hydrogen (secondary N) is 1. The zero-order valence-corrected chi connectivity index (χ0v) is 12.2. The van der Waals surface area contributed by atoms with Crippen LogP contribution in [0.5, 0.6) is 0 Å². The minimum absolute atomic E-state index is 0.0801. The fraction of sp³-hybridized carbons (Fsp3) is 0.308. The molecule has 0 fully saturated rings. The van der Waals surface area contributed by atoms with Crippen LogP contribution in [0.4, 0.5) is 4.79 Å². The van der Waals surface area contributed by atoms with E-state index in [1.54, 1.807) is 19.4 Å². The van der Waals surface area contributed by atoms with Gasteiger partial charge in [0, 0.05) is 19.0 Å². The topological polar surface area (TPSA) is 95.7 Å². The second kappa shape index (κ2) is 6.89. The van der Waals surface area contributed by atoms with Gasteiger partial charge in [-0.15, -0.1) is 11.3 Å². The first-order valence-electron chi connectivity index (χ1n) is 6.25. The molecule has 0 aliphatic heterocycles. The number of thiazole rings is 1. The highest BCUT2D eigenvalue weighted by molar-refractivity contribution is 7.13. The summed E-state index contributed by atoms with van der Waals surface area (Å²) in [6.45, 7) is 0.448. The first-order valence-corrected chi connectivity index (χ1v) is 7.13. The number of urea groups is 1. The van der Waals surface area contributed by atoms with Gasteiger partial charge in [-0.1, -0.05) is 0 Å². The summed E-state index contributed by atoms with van der Waals surface area (Å²) in [4.78, 5) is 27.9. The van der Waals surface area contributed by atoms with Crippen LogP contribution < -0.4 is 5.32 Å². The molecule has 0 aromatic carbocycles. The number of aromatic nitrogens is 1. The summed E-state index contributed by atoms with van der Waals surface area (Å²) in [6, 6.07) is 3.28. The molecule has 0 unspecified atom stereocenters. The standard InChI is InChI=1S/C13H15N3O4S/c1-16(5-4-11(17)18)13(19)14-7-9-8-21-12(15-9)10-3-2-6-20-10/h2-3,6,8H,4-5,7H2,1H3,(H,14,19)(H,17,18). The summed E-state index contributed by atoms with van der Waals surface area (Å²) in [6.07, 6.45) is 1.50. The maximum atomic E-state index is 11.7. The van der Waals surface area contributed by atoms with Crippen molar-refractivity contribution in [2.45, 2.75) is 13.0 Å². The molecular weight excluding hydrogens is 294 g/mol. The first kappa shape index (κ1) is 15.0. The van der Waals surface area contributed by atoms with Crippen molar-refractivity contribution in [3.63, 3.8) is 0 Å². The van der Waals surface area contributed by atoms with E-state index in [0.717, 1.165) is 10.7 Å². The molecule has 2 heterocycles. The maximum absolute atomic E-state index is 11.7. The minimum Gasteiger partial charge on any atom is -0.481 e. The highest BCUT2D eigenvalue weighted by atomic mass is 32.1. The molecule has 7 nitrogen and oxygen atoms in total. The molecule has 2 aromatic rings. The molecule has 2 N–H and O–H groups in total. The van der Waals surface area contributed by atoms with Crippen molar-refractivity contribution in [3.8, 4) is 10.8 Å². The summed E-state index contributed by atoms with van der Waals surface area (Å²) in [7, 11) is 1.55. The van der Waals surface area contributed by atoms with Gasteiger partial charge in [-0.2, -0.15) is 0 Å². The molecular formula is C13H15N3O4S. The molecule has 112 valence electrons. The maximum Gasteiger partial charge on any atom is 0.317 e. The Bertz CT molecular complexity index is 609. The van der Waals surface area contributed by atoms with Gasteiger partial charge in [-0.25, -0.2) is 9.78 Å². The van der Waals surface area contributed by atoms with Crippen LogP contribution >= 0.6 is 11.3 Å². The Morgan fingerprint density at radius 1 is 1.52 bits per heavy atom. The molecule has 2 amide bonds. The van der Waals surface area contributed by atoms with E-state index in [1.807, 2.05) is 11.4 Å². The normalized spacial score (nSPS) is 10.3. The van der Waals surface area contributed by atoms with Crippen molar-refractivity contribution in [2.75, 3.05) is 13.6 Å². The molecule has 8 heteroatoms. The van der Waals surface area contributed by atoms with Gasteiger partial charge in [0.25, 0.3) is 0 Å². The van der Waals surface area contributed by atoms with Gasteiger partial charge in [-0.3, -0.25) is 4.79 Å². The molecule has 0 saturated heterocycles. The summed E-state index contributed by atoms with van der Waals surface area (Å²) in [5.74, 6) is -0.242. The Labute approximate surface area is 125 Å². The third kappa shape index (κ3) is 4.32. The van der Waals surface area contributed by atoms with E-state index in [-0.39, 0.29) is 25.5 Å². The number of nitrogens with zero attached hydrogens (tertiary/aromatic N) is 2. The molecule has 0 radical (unpaired) electrons. The van der Waals surface area contributed by atoms with Crippen LogP contribution in [0.15, 0.2) is 28.2 Å². The van der Waals surface area contributed by atoms with E-state index in [2.05, 4.69) is 10.3 Å². The highest BCUT2D eigenvalue weighted by Crippen LogP contribution is 2.23. The van der Waals surface area contributed by atoms with Gasteiger partial charge in [0.2, 0.25) is 0 Å². The number of carboxylic acids is 1. The molecule has 0 atom stereocenters. The van der Waals surface area contributed by atoms with Crippen molar-refractivity contribution in [2.24, 2.45) is 0 Å². The molecule has 2 aromatic heterocycles. The average Bonchev–Trinajstić information content (AvgIpc) is 3.12. The van der Waals surface area contributed by atoms with Gasteiger partial charge in [-0.05, 0) is 12.1 Å². The van der Waals surface area contributed by atoms with Crippen molar-refractivity contribution >= 4 is 23.3 Å². The Kier molecular flexibility index (Phi) is 4.94. The molecule has 21 heavy (non-hydrogen) atoms. The molecule has 2 rings (SSSR count). The number of aliphatic carboxylic acids is 1. The monoisotopic (exact) mass is 309 g/mol. The van der Waals surface area contributed by atoms with Crippen molar-refractivity contribution in [1.82, 2.24) is 15.2 Å². The Balaban J connectivity index is 1.83. The molecule has 0 aliphatic rings. The third-order valence-electron chi connectivity index (χ3n) is 2.71. The van der Waals surface area contributed by atoms with E-state index in [1.165, 1.54) is 16.2 Å². The Morgan fingerprint density at radius 2 is 2.33 bits per heavy atom. The van der Waals surface area contributed by atoms with E-state index in [4.69, 9.17) is 9.52 Å². The van der Waals surface area contributed by atoms with Gasteiger partial charge in [0.1, 0.15) is 0 Å². The number of carbonyl (C=O) groups excluding carboxylic acids is 1. The van der Waals surface area contributed by atoms with Gasteiger partial charge < -0.3 is 19.7 Å². The van der Waals surface area contributed by atoms with Gasteiger partial charge in [0.15, 0.2) is 10.8 Å². The smallest absolute Gasteiger partial charge is 0.317 e. The zero-order chi connectivity index (χ0) is 15.2. The number of hydrogen-bond acceptors (Lipinski definition) is 5.